The van der Waals surface area contributed by atoms with Crippen LogP contribution in [0.15, 0.2) is 24.3 Å². The summed E-state index contributed by atoms with van der Waals surface area (Å²) < 4.78 is 0. The summed E-state index contributed by atoms with van der Waals surface area (Å²) in [5.74, 6) is 1.01. The number of aliphatic hydroxyl groups excluding tert-OH is 2. The molecule has 128 valence electrons. The van der Waals surface area contributed by atoms with Gasteiger partial charge in [-0.1, -0.05) is 46.4 Å². The lowest BCUT2D eigenvalue weighted by Gasteiger charge is -2.62. The zero-order chi connectivity index (χ0) is 17.2. The molecule has 0 radical (unpaired) electrons. The smallest absolute Gasteiger partial charge is 0.162 e. The van der Waals surface area contributed by atoms with Crippen molar-refractivity contribution < 1.29 is 15.0 Å². The van der Waals surface area contributed by atoms with Crippen molar-refractivity contribution in [3.8, 4) is 0 Å². The Kier molecular flexibility index (Phi) is 3.89. The Morgan fingerprint density at radius 2 is 1.91 bits per heavy atom. The maximum Gasteiger partial charge on any atom is 0.162 e. The third-order valence-corrected chi connectivity index (χ3v) is 7.41. The third kappa shape index (κ3) is 2.20. The topological polar surface area (TPSA) is 57.5 Å². The number of carbonyl (C=O) groups excluding carboxylic acids is 1. The van der Waals surface area contributed by atoms with Gasteiger partial charge in [-0.15, -0.1) is 0 Å². The molecule has 3 nitrogen and oxygen atoms in total. The summed E-state index contributed by atoms with van der Waals surface area (Å²) in [6.07, 6.45) is 4.82. The van der Waals surface area contributed by atoms with Gasteiger partial charge >= 0.3 is 0 Å². The number of Topliss-reactive ketones (excluding diaryl/α,β-unsaturated/α-hetero) is 1. The molecule has 3 aliphatic carbocycles. The van der Waals surface area contributed by atoms with Crippen molar-refractivity contribution in [1.29, 1.82) is 0 Å². The van der Waals surface area contributed by atoms with Crippen LogP contribution in [-0.2, 0) is 4.79 Å². The van der Waals surface area contributed by atoms with Crippen LogP contribution >= 0.6 is 0 Å². The number of ketones is 1. The van der Waals surface area contributed by atoms with Crippen LogP contribution in [0, 0.1) is 34.5 Å². The Balaban J connectivity index is 2.07. The third-order valence-electron chi connectivity index (χ3n) is 7.41. The van der Waals surface area contributed by atoms with Gasteiger partial charge in [0.1, 0.15) is 6.10 Å². The zero-order valence-corrected chi connectivity index (χ0v) is 14.7. The van der Waals surface area contributed by atoms with E-state index in [1.165, 1.54) is 0 Å². The number of rotatable bonds is 1. The lowest BCUT2D eigenvalue weighted by atomic mass is 9.42. The molecule has 3 rings (SSSR count). The molecule has 23 heavy (non-hydrogen) atoms. The first-order chi connectivity index (χ1) is 10.6. The van der Waals surface area contributed by atoms with Crippen LogP contribution in [0.1, 0.15) is 47.0 Å². The molecule has 0 heterocycles. The fourth-order valence-electron chi connectivity index (χ4n) is 6.29. The van der Waals surface area contributed by atoms with E-state index >= 15 is 0 Å². The van der Waals surface area contributed by atoms with Crippen LogP contribution in [0.3, 0.4) is 0 Å². The Bertz CT molecular complexity index is 561. The Hall–Kier alpha value is -0.930. The summed E-state index contributed by atoms with van der Waals surface area (Å²) >= 11 is 0. The molecule has 3 heteroatoms. The number of fused-ring (bicyclic) bond motifs is 3. The minimum absolute atomic E-state index is 0.0623. The van der Waals surface area contributed by atoms with E-state index < -0.39 is 17.6 Å². The van der Waals surface area contributed by atoms with Gasteiger partial charge in [0.25, 0.3) is 0 Å². The molecule has 0 aromatic heterocycles. The lowest BCUT2D eigenvalue weighted by Crippen LogP contribution is -2.62. The van der Waals surface area contributed by atoms with Gasteiger partial charge in [0.2, 0.25) is 0 Å². The molecular weight excluding hydrogens is 288 g/mol. The van der Waals surface area contributed by atoms with Crippen molar-refractivity contribution in [2.45, 2.75) is 59.2 Å². The predicted octanol–water partition coefficient (Wildman–Crippen LogP) is 3.12. The molecule has 0 aromatic carbocycles. The fourth-order valence-corrected chi connectivity index (χ4v) is 6.29. The van der Waals surface area contributed by atoms with Gasteiger partial charge < -0.3 is 10.2 Å². The highest BCUT2D eigenvalue weighted by molar-refractivity contribution is 5.85. The fraction of sp³-hybridized carbons (Fsp3) is 0.750. The van der Waals surface area contributed by atoms with E-state index in [9.17, 15) is 15.0 Å². The maximum absolute atomic E-state index is 12.5. The van der Waals surface area contributed by atoms with Crippen LogP contribution in [0.5, 0.6) is 0 Å². The van der Waals surface area contributed by atoms with Crippen molar-refractivity contribution >= 4 is 5.78 Å². The minimum atomic E-state index is -0.880. The molecule has 0 bridgehead atoms. The summed E-state index contributed by atoms with van der Waals surface area (Å²) in [7, 11) is 0. The second kappa shape index (κ2) is 5.29. The second-order valence-corrected chi connectivity index (χ2v) is 8.84. The summed E-state index contributed by atoms with van der Waals surface area (Å²) in [5, 5.41) is 21.3. The van der Waals surface area contributed by atoms with Gasteiger partial charge in [0, 0.05) is 11.8 Å². The molecule has 0 aromatic rings. The van der Waals surface area contributed by atoms with Crippen LogP contribution in [0.25, 0.3) is 0 Å². The van der Waals surface area contributed by atoms with Crippen LogP contribution < -0.4 is 0 Å². The summed E-state index contributed by atoms with van der Waals surface area (Å²) in [5.41, 5.74) is 0.447. The van der Waals surface area contributed by atoms with E-state index in [4.69, 9.17) is 0 Å². The van der Waals surface area contributed by atoms with Crippen molar-refractivity contribution in [2.75, 3.05) is 0 Å². The molecule has 0 amide bonds. The van der Waals surface area contributed by atoms with Crippen molar-refractivity contribution in [2.24, 2.45) is 34.5 Å². The summed E-state index contributed by atoms with van der Waals surface area (Å²) in [6.45, 7) is 12.3. The Labute approximate surface area is 139 Å². The van der Waals surface area contributed by atoms with Crippen molar-refractivity contribution in [1.82, 2.24) is 0 Å². The molecule has 0 unspecified atom stereocenters. The molecular formula is C20H30O3. The van der Waals surface area contributed by atoms with E-state index in [0.29, 0.717) is 18.3 Å². The molecule has 0 spiro atoms. The number of hydrogen-bond donors (Lipinski definition) is 2. The lowest BCUT2D eigenvalue weighted by molar-refractivity contribution is -0.182. The van der Waals surface area contributed by atoms with Gasteiger partial charge in [-0.3, -0.25) is 4.79 Å². The average Bonchev–Trinajstić information content (AvgIpc) is 2.47. The predicted molar refractivity (Wildman–Crippen MR) is 90.7 cm³/mol. The molecule has 0 aliphatic heterocycles. The SMILES string of the molecule is C=CC1=C[C@@H](O)[C@@H]2[C@H](CC[C@@H]3C(C)(C)[C@H](O)C(=O)C[C@@]23C)[C@@H]1C. The van der Waals surface area contributed by atoms with Crippen LogP contribution in [0.2, 0.25) is 0 Å². The van der Waals surface area contributed by atoms with Gasteiger partial charge in [-0.2, -0.15) is 0 Å². The average molecular weight is 318 g/mol. The Morgan fingerprint density at radius 3 is 2.52 bits per heavy atom. The first-order valence-electron chi connectivity index (χ1n) is 8.87. The first kappa shape index (κ1) is 16.9. The van der Waals surface area contributed by atoms with E-state index in [2.05, 4.69) is 20.4 Å². The van der Waals surface area contributed by atoms with Gasteiger partial charge in [-0.05, 0) is 47.5 Å². The molecule has 0 saturated heterocycles. The molecule has 7 atom stereocenters. The van der Waals surface area contributed by atoms with E-state index in [1.807, 2.05) is 26.0 Å². The molecule has 2 N–H and O–H groups in total. The van der Waals surface area contributed by atoms with Gasteiger partial charge in [0.05, 0.1) is 6.10 Å². The molecule has 3 aliphatic rings. The van der Waals surface area contributed by atoms with Gasteiger partial charge in [-0.25, -0.2) is 0 Å². The first-order valence-corrected chi connectivity index (χ1v) is 8.87. The van der Waals surface area contributed by atoms with E-state index in [0.717, 1.165) is 18.4 Å². The monoisotopic (exact) mass is 318 g/mol. The quantitative estimate of drug-likeness (QED) is 0.781. The standard InChI is InChI=1S/C20H30O3/c1-6-12-9-14(21)17-13(11(12)2)7-8-16-19(3,4)18(23)15(22)10-20(16,17)5/h6,9,11,13-14,16-18,21,23H,1,7-8,10H2,2-5H3/t11-,13-,14-,16-,17+,18-,20-/m1/s1. The van der Waals surface area contributed by atoms with E-state index in [-0.39, 0.29) is 23.0 Å². The van der Waals surface area contributed by atoms with E-state index in [1.54, 1.807) is 0 Å². The maximum atomic E-state index is 12.5. The highest BCUT2D eigenvalue weighted by atomic mass is 16.3. The normalized spacial score (nSPS) is 49.0. The highest BCUT2D eigenvalue weighted by Crippen LogP contribution is 2.63. The number of hydrogen-bond acceptors (Lipinski definition) is 3. The Morgan fingerprint density at radius 1 is 1.26 bits per heavy atom. The van der Waals surface area contributed by atoms with Crippen molar-refractivity contribution in [3.63, 3.8) is 0 Å². The molecule has 2 saturated carbocycles. The second-order valence-electron chi connectivity index (χ2n) is 8.84. The minimum Gasteiger partial charge on any atom is -0.389 e. The highest BCUT2D eigenvalue weighted by Gasteiger charge is 2.62. The number of carbonyl (C=O) groups is 1. The summed E-state index contributed by atoms with van der Waals surface area (Å²) in [6, 6.07) is 0. The number of aliphatic hydroxyl groups is 2. The zero-order valence-electron chi connectivity index (χ0n) is 14.7. The van der Waals surface area contributed by atoms with Crippen molar-refractivity contribution in [3.05, 3.63) is 24.3 Å². The number of allylic oxidation sites excluding steroid dienone is 2. The molecule has 2 fully saturated rings. The summed E-state index contributed by atoms with van der Waals surface area (Å²) in [4.78, 5) is 12.5. The van der Waals surface area contributed by atoms with Crippen LogP contribution in [-0.4, -0.2) is 28.2 Å². The largest absolute Gasteiger partial charge is 0.389 e. The van der Waals surface area contributed by atoms with Gasteiger partial charge in [0.15, 0.2) is 5.78 Å². The van der Waals surface area contributed by atoms with Crippen LogP contribution in [0.4, 0.5) is 0 Å².